The number of rotatable bonds is 6. The molecule has 0 bridgehead atoms. The molecular formula is C49H30N2O2S. The summed E-state index contributed by atoms with van der Waals surface area (Å²) >= 11 is 1.83. The van der Waals surface area contributed by atoms with Crippen molar-refractivity contribution in [2.75, 3.05) is 4.90 Å². The maximum absolute atomic E-state index is 6.66. The number of hydrogen-bond donors (Lipinski definition) is 0. The Balaban J connectivity index is 1.13. The van der Waals surface area contributed by atoms with Gasteiger partial charge in [0.05, 0.1) is 5.69 Å². The van der Waals surface area contributed by atoms with Gasteiger partial charge >= 0.3 is 0 Å². The van der Waals surface area contributed by atoms with Crippen LogP contribution in [-0.4, -0.2) is 4.98 Å². The summed E-state index contributed by atoms with van der Waals surface area (Å²) in [4.78, 5) is 7.21. The summed E-state index contributed by atoms with van der Waals surface area (Å²) < 4.78 is 15.4. The molecule has 54 heavy (non-hydrogen) atoms. The summed E-state index contributed by atoms with van der Waals surface area (Å²) in [5.41, 5.74) is 11.9. The van der Waals surface area contributed by atoms with Crippen molar-refractivity contribution in [3.8, 4) is 33.7 Å². The van der Waals surface area contributed by atoms with Gasteiger partial charge in [0.15, 0.2) is 5.58 Å². The average Bonchev–Trinajstić information content (AvgIpc) is 3.94. The highest BCUT2D eigenvalue weighted by molar-refractivity contribution is 7.25. The van der Waals surface area contributed by atoms with Crippen molar-refractivity contribution in [3.63, 3.8) is 0 Å². The summed E-state index contributed by atoms with van der Waals surface area (Å²) in [6, 6.07) is 64.0. The topological polar surface area (TPSA) is 42.4 Å². The van der Waals surface area contributed by atoms with Gasteiger partial charge in [-0.2, -0.15) is 0 Å². The van der Waals surface area contributed by atoms with E-state index < -0.39 is 0 Å². The van der Waals surface area contributed by atoms with Gasteiger partial charge in [-0.1, -0.05) is 115 Å². The van der Waals surface area contributed by atoms with Crippen LogP contribution in [0.25, 0.3) is 86.9 Å². The molecule has 5 heteroatoms. The van der Waals surface area contributed by atoms with E-state index in [0.29, 0.717) is 5.89 Å². The first-order valence-corrected chi connectivity index (χ1v) is 18.8. The molecule has 0 unspecified atom stereocenters. The zero-order valence-corrected chi connectivity index (χ0v) is 29.8. The fourth-order valence-electron chi connectivity index (χ4n) is 7.88. The van der Waals surface area contributed by atoms with Crippen molar-refractivity contribution in [1.29, 1.82) is 0 Å². The number of nitrogens with zero attached hydrogens (tertiary/aromatic N) is 2. The SMILES string of the molecule is c1ccc(-c2ccccc2-c2ccccc2N(c2ccc3c(c2)oc2cccc(-c4nc5ccccc5o4)c23)c2ccc3c(c2)sc2ccccc23)cc1. The lowest BCUT2D eigenvalue weighted by atomic mass is 9.93. The van der Waals surface area contributed by atoms with Crippen LogP contribution in [0.2, 0.25) is 0 Å². The van der Waals surface area contributed by atoms with Crippen LogP contribution in [0.1, 0.15) is 0 Å². The lowest BCUT2D eigenvalue weighted by Crippen LogP contribution is -2.11. The third kappa shape index (κ3) is 4.94. The van der Waals surface area contributed by atoms with Gasteiger partial charge in [-0.25, -0.2) is 4.98 Å². The van der Waals surface area contributed by atoms with Gasteiger partial charge < -0.3 is 13.7 Å². The van der Waals surface area contributed by atoms with Crippen LogP contribution in [0, 0.1) is 0 Å². The maximum atomic E-state index is 6.66. The van der Waals surface area contributed by atoms with Crippen molar-refractivity contribution in [2.24, 2.45) is 0 Å². The largest absolute Gasteiger partial charge is 0.456 e. The number of thiophene rings is 1. The molecule has 4 nitrogen and oxygen atoms in total. The quantitative estimate of drug-likeness (QED) is 0.172. The van der Waals surface area contributed by atoms with E-state index in [1.54, 1.807) is 0 Å². The van der Waals surface area contributed by atoms with Gasteiger partial charge in [0, 0.05) is 59.5 Å². The molecule has 0 amide bonds. The fraction of sp³-hybridized carbons (Fsp3) is 0. The van der Waals surface area contributed by atoms with E-state index in [0.717, 1.165) is 61.2 Å². The Morgan fingerprint density at radius 1 is 0.426 bits per heavy atom. The van der Waals surface area contributed by atoms with Gasteiger partial charge in [0.2, 0.25) is 5.89 Å². The Labute approximate surface area is 314 Å². The molecule has 3 aromatic heterocycles. The molecule has 0 spiro atoms. The number of benzene rings is 8. The van der Waals surface area contributed by atoms with Crippen molar-refractivity contribution in [3.05, 3.63) is 182 Å². The van der Waals surface area contributed by atoms with Crippen molar-refractivity contribution >= 4 is 81.6 Å². The molecule has 0 aliphatic carbocycles. The van der Waals surface area contributed by atoms with Crippen LogP contribution in [0.4, 0.5) is 17.1 Å². The first kappa shape index (κ1) is 30.7. The van der Waals surface area contributed by atoms with E-state index in [1.165, 1.54) is 36.9 Å². The zero-order valence-electron chi connectivity index (χ0n) is 28.9. The molecule has 0 radical (unpaired) electrons. The number of para-hydroxylation sites is 3. The van der Waals surface area contributed by atoms with E-state index in [9.17, 15) is 0 Å². The predicted molar refractivity (Wildman–Crippen MR) is 225 cm³/mol. The van der Waals surface area contributed by atoms with Crippen molar-refractivity contribution < 1.29 is 8.83 Å². The molecule has 0 fully saturated rings. The van der Waals surface area contributed by atoms with Gasteiger partial charge in [-0.3, -0.25) is 0 Å². The first-order chi connectivity index (χ1) is 26.8. The Morgan fingerprint density at radius 2 is 1.09 bits per heavy atom. The fourth-order valence-corrected chi connectivity index (χ4v) is 9.02. The molecular weight excluding hydrogens is 681 g/mol. The Kier molecular flexibility index (Phi) is 7.00. The first-order valence-electron chi connectivity index (χ1n) is 18.0. The Morgan fingerprint density at radius 3 is 1.98 bits per heavy atom. The van der Waals surface area contributed by atoms with Crippen LogP contribution in [0.3, 0.4) is 0 Å². The van der Waals surface area contributed by atoms with E-state index in [1.807, 2.05) is 47.7 Å². The van der Waals surface area contributed by atoms with Crippen molar-refractivity contribution in [2.45, 2.75) is 0 Å². The smallest absolute Gasteiger partial charge is 0.228 e. The van der Waals surface area contributed by atoms with E-state index in [4.69, 9.17) is 13.8 Å². The molecule has 0 N–H and O–H groups in total. The molecule has 0 saturated heterocycles. The van der Waals surface area contributed by atoms with E-state index >= 15 is 0 Å². The average molecular weight is 711 g/mol. The molecule has 0 saturated carbocycles. The van der Waals surface area contributed by atoms with Gasteiger partial charge in [0.25, 0.3) is 0 Å². The summed E-state index contributed by atoms with van der Waals surface area (Å²) in [7, 11) is 0. The number of hydrogen-bond acceptors (Lipinski definition) is 5. The monoisotopic (exact) mass is 710 g/mol. The number of anilines is 3. The predicted octanol–water partition coefficient (Wildman–Crippen LogP) is 14.6. The summed E-state index contributed by atoms with van der Waals surface area (Å²) in [5.74, 6) is 0.581. The zero-order chi connectivity index (χ0) is 35.6. The number of fused-ring (bicyclic) bond motifs is 7. The van der Waals surface area contributed by atoms with Crippen molar-refractivity contribution in [1.82, 2.24) is 4.98 Å². The lowest BCUT2D eigenvalue weighted by molar-refractivity contribution is 0.620. The van der Waals surface area contributed by atoms with Gasteiger partial charge in [-0.15, -0.1) is 11.3 Å². The minimum absolute atomic E-state index is 0.581. The second-order valence-corrected chi connectivity index (χ2v) is 14.6. The normalized spacial score (nSPS) is 11.7. The standard InChI is InChI=1S/C49H30N2O2S/c1-2-13-31(14-3-1)34-15-4-5-16-35(34)36-17-6-9-21-42(36)51(33-25-27-38-37-18-7-11-24-46(37)54-47(38)30-33)32-26-28-39-45(29-32)52-44-23-12-19-40(48(39)44)49-50-41-20-8-10-22-43(41)53-49/h1-30H. The summed E-state index contributed by atoms with van der Waals surface area (Å²) in [5, 5.41) is 4.54. The molecule has 0 aliphatic rings. The minimum Gasteiger partial charge on any atom is -0.456 e. The molecule has 254 valence electrons. The van der Waals surface area contributed by atoms with Crippen LogP contribution in [0.15, 0.2) is 191 Å². The molecule has 0 atom stereocenters. The van der Waals surface area contributed by atoms with Crippen LogP contribution in [0.5, 0.6) is 0 Å². The summed E-state index contributed by atoms with van der Waals surface area (Å²) in [6.45, 7) is 0. The lowest BCUT2D eigenvalue weighted by Gasteiger charge is -2.28. The third-order valence-corrected chi connectivity index (χ3v) is 11.5. The molecule has 0 aliphatic heterocycles. The van der Waals surface area contributed by atoms with Crippen LogP contribution >= 0.6 is 11.3 Å². The highest BCUT2D eigenvalue weighted by Gasteiger charge is 2.22. The molecule has 11 aromatic rings. The van der Waals surface area contributed by atoms with E-state index in [-0.39, 0.29) is 0 Å². The molecule has 8 aromatic carbocycles. The molecule has 11 rings (SSSR count). The number of aromatic nitrogens is 1. The minimum atomic E-state index is 0.581. The number of furan rings is 1. The molecule has 3 heterocycles. The second kappa shape index (κ2) is 12.3. The third-order valence-electron chi connectivity index (χ3n) is 10.3. The highest BCUT2D eigenvalue weighted by Crippen LogP contribution is 2.47. The maximum Gasteiger partial charge on any atom is 0.228 e. The number of oxazole rings is 1. The summed E-state index contributed by atoms with van der Waals surface area (Å²) in [6.07, 6.45) is 0. The van der Waals surface area contributed by atoms with Crippen LogP contribution < -0.4 is 4.90 Å². The highest BCUT2D eigenvalue weighted by atomic mass is 32.1. The van der Waals surface area contributed by atoms with Gasteiger partial charge in [-0.05, 0) is 77.4 Å². The Bertz CT molecular complexity index is 3160. The van der Waals surface area contributed by atoms with Gasteiger partial charge in [0.1, 0.15) is 16.7 Å². The van der Waals surface area contributed by atoms with E-state index in [2.05, 4.69) is 150 Å². The van der Waals surface area contributed by atoms with Crippen LogP contribution in [-0.2, 0) is 0 Å². The second-order valence-electron chi connectivity index (χ2n) is 13.5. The Hall–Kier alpha value is -6.95.